The molecule has 0 radical (unpaired) electrons. The summed E-state index contributed by atoms with van der Waals surface area (Å²) in [5, 5.41) is 13.0. The monoisotopic (exact) mass is 408 g/mol. The van der Waals surface area contributed by atoms with Crippen molar-refractivity contribution >= 4 is 11.7 Å². The van der Waals surface area contributed by atoms with Crippen LogP contribution in [-0.4, -0.2) is 71.2 Å². The second-order valence-electron chi connectivity index (χ2n) is 7.00. The van der Waals surface area contributed by atoms with Crippen LogP contribution in [0.4, 0.5) is 5.82 Å². The van der Waals surface area contributed by atoms with Crippen molar-refractivity contribution in [3.8, 4) is 17.3 Å². The smallest absolute Gasteiger partial charge is 0.254 e. The minimum Gasteiger partial charge on any atom is -0.493 e. The molecule has 1 aliphatic heterocycles. The van der Waals surface area contributed by atoms with Gasteiger partial charge in [0.25, 0.3) is 5.91 Å². The average molecular weight is 408 g/mol. The molecule has 3 heterocycles. The fraction of sp³-hybridized carbons (Fsp3) is 0.333. The maximum Gasteiger partial charge on any atom is 0.254 e. The van der Waals surface area contributed by atoms with Crippen molar-refractivity contribution in [2.75, 3.05) is 45.3 Å². The summed E-state index contributed by atoms with van der Waals surface area (Å²) in [6, 6.07) is 11.0. The van der Waals surface area contributed by atoms with Gasteiger partial charge in [0.1, 0.15) is 0 Å². The number of carbonyl (C=O) groups is 1. The largest absolute Gasteiger partial charge is 0.493 e. The second-order valence-corrected chi connectivity index (χ2v) is 7.00. The third-order valence-electron chi connectivity index (χ3n) is 5.11. The highest BCUT2D eigenvalue weighted by molar-refractivity contribution is 5.95. The quantitative estimate of drug-likeness (QED) is 0.638. The van der Waals surface area contributed by atoms with Crippen LogP contribution in [0.1, 0.15) is 16.1 Å². The van der Waals surface area contributed by atoms with E-state index in [0.29, 0.717) is 49.1 Å². The molecule has 1 saturated heterocycles. The molecule has 1 fully saturated rings. The van der Waals surface area contributed by atoms with Crippen molar-refractivity contribution in [3.63, 3.8) is 0 Å². The van der Waals surface area contributed by atoms with E-state index in [0.717, 1.165) is 11.5 Å². The zero-order valence-electron chi connectivity index (χ0n) is 17.3. The fourth-order valence-electron chi connectivity index (χ4n) is 3.44. The van der Waals surface area contributed by atoms with E-state index < -0.39 is 0 Å². The normalized spacial score (nSPS) is 14.0. The van der Waals surface area contributed by atoms with Crippen LogP contribution in [0, 0.1) is 6.92 Å². The Hall–Kier alpha value is -3.62. The number of ether oxygens (including phenoxy) is 2. The lowest BCUT2D eigenvalue weighted by Crippen LogP contribution is -2.49. The molecule has 1 aromatic carbocycles. The van der Waals surface area contributed by atoms with Crippen LogP contribution in [0.25, 0.3) is 5.82 Å². The molecule has 9 heteroatoms. The number of aryl methyl sites for hydroxylation is 1. The van der Waals surface area contributed by atoms with Gasteiger partial charge in [-0.25, -0.2) is 4.68 Å². The Morgan fingerprint density at radius 3 is 2.20 bits per heavy atom. The van der Waals surface area contributed by atoms with Gasteiger partial charge in [0.2, 0.25) is 0 Å². The highest BCUT2D eigenvalue weighted by Gasteiger charge is 2.24. The number of hydrogen-bond donors (Lipinski definition) is 0. The van der Waals surface area contributed by atoms with Gasteiger partial charge < -0.3 is 19.3 Å². The predicted molar refractivity (Wildman–Crippen MR) is 112 cm³/mol. The Bertz CT molecular complexity index is 1030. The Kier molecular flexibility index (Phi) is 5.51. The predicted octanol–water partition coefficient (Wildman–Crippen LogP) is 1.95. The van der Waals surface area contributed by atoms with E-state index >= 15 is 0 Å². The first kappa shape index (κ1) is 19.7. The molecule has 0 aliphatic carbocycles. The van der Waals surface area contributed by atoms with E-state index in [2.05, 4.69) is 20.2 Å². The number of nitrogens with zero attached hydrogens (tertiary/aromatic N) is 6. The van der Waals surface area contributed by atoms with Gasteiger partial charge in [-0.3, -0.25) is 4.79 Å². The van der Waals surface area contributed by atoms with Crippen LogP contribution in [0.3, 0.4) is 0 Å². The Morgan fingerprint density at radius 1 is 0.900 bits per heavy atom. The van der Waals surface area contributed by atoms with Gasteiger partial charge in [-0.1, -0.05) is 0 Å². The molecule has 2 aromatic heterocycles. The molecule has 1 aliphatic rings. The molecule has 0 atom stereocenters. The van der Waals surface area contributed by atoms with Crippen LogP contribution in [0.15, 0.2) is 42.6 Å². The van der Waals surface area contributed by atoms with Crippen LogP contribution < -0.4 is 14.4 Å². The third kappa shape index (κ3) is 3.91. The molecular weight excluding hydrogens is 384 g/mol. The second kappa shape index (κ2) is 8.40. The zero-order chi connectivity index (χ0) is 21.1. The lowest BCUT2D eigenvalue weighted by Gasteiger charge is -2.35. The van der Waals surface area contributed by atoms with E-state index in [1.807, 2.05) is 36.2 Å². The zero-order valence-corrected chi connectivity index (χ0v) is 17.3. The number of rotatable bonds is 5. The van der Waals surface area contributed by atoms with Gasteiger partial charge in [-0.2, -0.15) is 5.10 Å². The summed E-state index contributed by atoms with van der Waals surface area (Å²) < 4.78 is 12.2. The molecule has 0 N–H and O–H groups in total. The van der Waals surface area contributed by atoms with E-state index in [1.165, 1.54) is 0 Å². The summed E-state index contributed by atoms with van der Waals surface area (Å²) in [5.41, 5.74) is 1.51. The molecule has 0 saturated carbocycles. The van der Waals surface area contributed by atoms with Crippen molar-refractivity contribution in [1.29, 1.82) is 0 Å². The number of hydrogen-bond acceptors (Lipinski definition) is 7. The van der Waals surface area contributed by atoms with Crippen molar-refractivity contribution in [3.05, 3.63) is 53.9 Å². The Labute approximate surface area is 174 Å². The highest BCUT2D eigenvalue weighted by atomic mass is 16.5. The van der Waals surface area contributed by atoms with Crippen LogP contribution in [0.2, 0.25) is 0 Å². The maximum absolute atomic E-state index is 12.9. The average Bonchev–Trinajstić information content (AvgIpc) is 3.24. The topological polar surface area (TPSA) is 85.6 Å². The fourth-order valence-corrected chi connectivity index (χ4v) is 3.44. The van der Waals surface area contributed by atoms with Crippen LogP contribution in [-0.2, 0) is 0 Å². The lowest BCUT2D eigenvalue weighted by atomic mass is 10.1. The summed E-state index contributed by atoms with van der Waals surface area (Å²) in [7, 11) is 3.13. The van der Waals surface area contributed by atoms with Gasteiger partial charge in [-0.05, 0) is 43.3 Å². The molecule has 0 spiro atoms. The molecule has 156 valence electrons. The molecule has 3 aromatic rings. The van der Waals surface area contributed by atoms with Gasteiger partial charge in [0.05, 0.1) is 19.9 Å². The maximum atomic E-state index is 12.9. The summed E-state index contributed by atoms with van der Waals surface area (Å²) >= 11 is 0. The summed E-state index contributed by atoms with van der Waals surface area (Å²) in [4.78, 5) is 16.9. The van der Waals surface area contributed by atoms with Crippen LogP contribution in [0.5, 0.6) is 11.5 Å². The number of aromatic nitrogens is 4. The van der Waals surface area contributed by atoms with Gasteiger partial charge in [0.15, 0.2) is 23.1 Å². The number of amides is 1. The molecule has 4 rings (SSSR count). The van der Waals surface area contributed by atoms with Gasteiger partial charge in [0, 0.05) is 37.9 Å². The summed E-state index contributed by atoms with van der Waals surface area (Å²) in [5.74, 6) is 2.59. The van der Waals surface area contributed by atoms with Crippen LogP contribution >= 0.6 is 0 Å². The minimum absolute atomic E-state index is 0.0221. The number of benzene rings is 1. The lowest BCUT2D eigenvalue weighted by molar-refractivity contribution is 0.0746. The third-order valence-corrected chi connectivity index (χ3v) is 5.11. The van der Waals surface area contributed by atoms with E-state index in [9.17, 15) is 4.79 Å². The SMILES string of the molecule is COc1ccc(C(=O)N2CCN(c3ccc(-n4ccc(C)n4)nn3)CC2)cc1OC. The Balaban J connectivity index is 1.39. The first-order chi connectivity index (χ1) is 14.6. The van der Waals surface area contributed by atoms with E-state index in [4.69, 9.17) is 9.47 Å². The summed E-state index contributed by atoms with van der Waals surface area (Å²) in [6.45, 7) is 4.52. The number of anilines is 1. The minimum atomic E-state index is -0.0221. The standard InChI is InChI=1S/C21H24N6O3/c1-15-8-9-27(24-15)20-7-6-19(22-23-20)25-10-12-26(13-11-25)21(28)16-4-5-17(29-2)18(14-16)30-3/h4-9,14H,10-13H2,1-3H3. The number of carbonyl (C=O) groups excluding carboxylic acids is 1. The Morgan fingerprint density at radius 2 is 1.60 bits per heavy atom. The highest BCUT2D eigenvalue weighted by Crippen LogP contribution is 2.28. The van der Waals surface area contributed by atoms with Gasteiger partial charge >= 0.3 is 0 Å². The first-order valence-corrected chi connectivity index (χ1v) is 9.71. The molecule has 1 amide bonds. The first-order valence-electron chi connectivity index (χ1n) is 9.71. The molecular formula is C21H24N6O3. The summed E-state index contributed by atoms with van der Waals surface area (Å²) in [6.07, 6.45) is 1.86. The van der Waals surface area contributed by atoms with Crippen molar-refractivity contribution in [2.45, 2.75) is 6.92 Å². The van der Waals surface area contributed by atoms with Crippen molar-refractivity contribution in [1.82, 2.24) is 24.9 Å². The molecule has 9 nitrogen and oxygen atoms in total. The van der Waals surface area contributed by atoms with Crippen molar-refractivity contribution in [2.24, 2.45) is 0 Å². The molecule has 0 unspecified atom stereocenters. The van der Waals surface area contributed by atoms with E-state index in [1.54, 1.807) is 37.1 Å². The number of methoxy groups -OCH3 is 2. The molecule has 30 heavy (non-hydrogen) atoms. The number of piperazine rings is 1. The van der Waals surface area contributed by atoms with E-state index in [-0.39, 0.29) is 5.91 Å². The van der Waals surface area contributed by atoms with Crippen molar-refractivity contribution < 1.29 is 14.3 Å². The molecule has 0 bridgehead atoms. The van der Waals surface area contributed by atoms with Gasteiger partial charge in [-0.15, -0.1) is 10.2 Å².